The quantitative estimate of drug-likeness (QED) is 0.349. The smallest absolute Gasteiger partial charge is 0.247 e. The van der Waals surface area contributed by atoms with Crippen LogP contribution in [0, 0.1) is 6.92 Å². The van der Waals surface area contributed by atoms with Crippen molar-refractivity contribution in [2.24, 2.45) is 0 Å². The van der Waals surface area contributed by atoms with Crippen molar-refractivity contribution in [3.8, 4) is 28.1 Å². The molecule has 0 unspecified atom stereocenters. The van der Waals surface area contributed by atoms with E-state index in [0.717, 1.165) is 76.6 Å². The van der Waals surface area contributed by atoms with Crippen LogP contribution in [0.3, 0.4) is 0 Å². The van der Waals surface area contributed by atoms with E-state index < -0.39 is 0 Å². The number of ether oxygens (including phenoxy) is 1. The van der Waals surface area contributed by atoms with E-state index in [1.807, 2.05) is 25.1 Å². The van der Waals surface area contributed by atoms with Gasteiger partial charge in [0.1, 0.15) is 11.4 Å². The van der Waals surface area contributed by atoms with E-state index in [1.54, 1.807) is 13.3 Å². The molecule has 5 rings (SSSR count). The van der Waals surface area contributed by atoms with Gasteiger partial charge < -0.3 is 24.8 Å². The van der Waals surface area contributed by atoms with Gasteiger partial charge in [0, 0.05) is 52.2 Å². The number of nitrogens with zero attached hydrogens (tertiary/aromatic N) is 3. The maximum absolute atomic E-state index is 12.0. The molecule has 1 fully saturated rings. The van der Waals surface area contributed by atoms with Crippen molar-refractivity contribution in [2.45, 2.75) is 6.92 Å². The fraction of sp³-hybridized carbons (Fsp3) is 0.241. The Hall–Kier alpha value is -4.10. The average molecular weight is 486 g/mol. The van der Waals surface area contributed by atoms with Crippen molar-refractivity contribution < 1.29 is 12.4 Å². The van der Waals surface area contributed by atoms with E-state index in [9.17, 15) is 4.79 Å². The third-order valence-corrected chi connectivity index (χ3v) is 6.87. The predicted molar refractivity (Wildman–Crippen MR) is 151 cm³/mol. The van der Waals surface area contributed by atoms with Crippen LogP contribution in [0.25, 0.3) is 33.4 Å². The summed E-state index contributed by atoms with van der Waals surface area (Å²) in [6.45, 7) is 9.73. The van der Waals surface area contributed by atoms with Gasteiger partial charge in [0.25, 0.3) is 0 Å². The lowest BCUT2D eigenvalue weighted by atomic mass is 9.96. The van der Waals surface area contributed by atoms with Gasteiger partial charge in [-0.1, -0.05) is 30.8 Å². The van der Waals surface area contributed by atoms with Crippen molar-refractivity contribution in [1.82, 2.24) is 14.9 Å². The fourth-order valence-electron chi connectivity index (χ4n) is 4.76. The van der Waals surface area contributed by atoms with Crippen molar-refractivity contribution in [3.63, 3.8) is 0 Å². The summed E-state index contributed by atoms with van der Waals surface area (Å²) in [5.41, 5.74) is 7.64. The maximum atomic E-state index is 12.0. The van der Waals surface area contributed by atoms with E-state index in [2.05, 4.69) is 69.0 Å². The summed E-state index contributed by atoms with van der Waals surface area (Å²) in [4.78, 5) is 24.9. The van der Waals surface area contributed by atoms with Gasteiger partial charge in [0.05, 0.1) is 18.2 Å². The Kier molecular flexibility index (Phi) is 6.48. The van der Waals surface area contributed by atoms with Crippen LogP contribution in [-0.4, -0.2) is 61.1 Å². The fourth-order valence-corrected chi connectivity index (χ4v) is 4.76. The largest absolute Gasteiger partial charge is 0.496 e. The minimum atomic E-state index is -0.242. The van der Waals surface area contributed by atoms with Gasteiger partial charge in [-0.3, -0.25) is 4.79 Å². The first-order chi connectivity index (χ1) is 17.5. The molecule has 7 nitrogen and oxygen atoms in total. The number of pyridine rings is 1. The standard InChI is InChI=1S/C29H31N5O2.2H2/c1-5-25(35)31-23-18-21(7-6-19(23)2)26-27-24(36-4)12-13-30-29(27)32-28(26)20-8-10-22(11-9-20)34-16-14-33(3)15-17-34;;/h5-13,18H,1,14-17H2,2-4H3,(H,30,32)(H,31,35);2*1H. The molecule has 36 heavy (non-hydrogen) atoms. The predicted octanol–water partition coefficient (Wildman–Crippen LogP) is 5.58. The minimum absolute atomic E-state index is 0. The lowest BCUT2D eigenvalue weighted by molar-refractivity contribution is -0.111. The Balaban J connectivity index is 0.00000200. The van der Waals surface area contributed by atoms with Gasteiger partial charge >= 0.3 is 0 Å². The summed E-state index contributed by atoms with van der Waals surface area (Å²) in [5, 5.41) is 3.83. The molecule has 1 aliphatic rings. The summed E-state index contributed by atoms with van der Waals surface area (Å²) in [5.74, 6) is 0.497. The molecule has 0 bridgehead atoms. The molecular formula is C29H35N5O2. The van der Waals surface area contributed by atoms with Crippen LogP contribution in [0.1, 0.15) is 8.42 Å². The molecule has 0 atom stereocenters. The second kappa shape index (κ2) is 9.87. The number of benzene rings is 2. The highest BCUT2D eigenvalue weighted by atomic mass is 16.5. The zero-order chi connectivity index (χ0) is 25.2. The summed E-state index contributed by atoms with van der Waals surface area (Å²) < 4.78 is 5.73. The highest BCUT2D eigenvalue weighted by Gasteiger charge is 2.21. The average Bonchev–Trinajstić information content (AvgIpc) is 3.30. The number of aromatic nitrogens is 2. The number of nitrogens with one attached hydrogen (secondary N) is 2. The number of aryl methyl sites for hydroxylation is 1. The SMILES string of the molecule is C=CC(=O)Nc1cc(-c2c(-c3ccc(N4CCN(C)CC4)cc3)[nH]c3nccc(OC)c23)ccc1C.[HH].[HH]. The van der Waals surface area contributed by atoms with Gasteiger partial charge in [-0.2, -0.15) is 0 Å². The van der Waals surface area contributed by atoms with Crippen molar-refractivity contribution in [1.29, 1.82) is 0 Å². The molecule has 3 heterocycles. The number of piperazine rings is 1. The molecule has 1 aliphatic heterocycles. The molecule has 2 aromatic heterocycles. The van der Waals surface area contributed by atoms with Crippen LogP contribution in [0.2, 0.25) is 0 Å². The number of likely N-dealkylation sites (N-methyl/N-ethyl adjacent to an activating group) is 1. The van der Waals surface area contributed by atoms with E-state index in [0.29, 0.717) is 0 Å². The Morgan fingerprint density at radius 3 is 2.53 bits per heavy atom. The van der Waals surface area contributed by atoms with E-state index >= 15 is 0 Å². The number of aromatic amines is 1. The second-order valence-electron chi connectivity index (χ2n) is 9.17. The summed E-state index contributed by atoms with van der Waals surface area (Å²) in [6.07, 6.45) is 3.02. The Morgan fingerprint density at radius 2 is 1.83 bits per heavy atom. The number of hydrogen-bond donors (Lipinski definition) is 2. The Morgan fingerprint density at radius 1 is 1.11 bits per heavy atom. The lowest BCUT2D eigenvalue weighted by Gasteiger charge is -2.34. The number of anilines is 2. The Labute approximate surface area is 214 Å². The van der Waals surface area contributed by atoms with Gasteiger partial charge in [0.15, 0.2) is 0 Å². The van der Waals surface area contributed by atoms with Crippen molar-refractivity contribution in [2.75, 3.05) is 50.6 Å². The number of rotatable bonds is 6. The molecule has 7 heteroatoms. The number of H-pyrrole nitrogens is 1. The number of fused-ring (bicyclic) bond motifs is 1. The first-order valence-corrected chi connectivity index (χ1v) is 12.1. The number of amides is 1. The second-order valence-corrected chi connectivity index (χ2v) is 9.17. The molecule has 0 aliphatic carbocycles. The highest BCUT2D eigenvalue weighted by Crippen LogP contribution is 2.43. The van der Waals surface area contributed by atoms with E-state index in [4.69, 9.17) is 4.74 Å². The van der Waals surface area contributed by atoms with Crippen LogP contribution in [-0.2, 0) is 4.79 Å². The molecule has 0 radical (unpaired) electrons. The normalized spacial score (nSPS) is 14.1. The van der Waals surface area contributed by atoms with Gasteiger partial charge in [-0.15, -0.1) is 0 Å². The molecule has 1 saturated heterocycles. The van der Waals surface area contributed by atoms with Gasteiger partial charge in [0.2, 0.25) is 5.91 Å². The molecule has 188 valence electrons. The van der Waals surface area contributed by atoms with Crippen molar-refractivity contribution in [3.05, 3.63) is 72.9 Å². The summed E-state index contributed by atoms with van der Waals surface area (Å²) in [7, 11) is 3.83. The molecule has 2 aromatic carbocycles. The van der Waals surface area contributed by atoms with Crippen molar-refractivity contribution >= 4 is 28.3 Å². The van der Waals surface area contributed by atoms with E-state index in [1.165, 1.54) is 11.8 Å². The highest BCUT2D eigenvalue weighted by molar-refractivity contribution is 6.07. The molecule has 1 amide bonds. The first-order valence-electron chi connectivity index (χ1n) is 12.1. The van der Waals surface area contributed by atoms with E-state index in [-0.39, 0.29) is 8.76 Å². The molecule has 0 spiro atoms. The molecule has 0 saturated carbocycles. The van der Waals surface area contributed by atoms with Crippen LogP contribution < -0.4 is 15.0 Å². The topological polar surface area (TPSA) is 73.5 Å². The number of hydrogen-bond acceptors (Lipinski definition) is 5. The Bertz CT molecular complexity index is 1430. The third-order valence-electron chi connectivity index (χ3n) is 6.87. The molecule has 2 N–H and O–H groups in total. The molecule has 4 aromatic rings. The van der Waals surface area contributed by atoms with Crippen LogP contribution >= 0.6 is 0 Å². The zero-order valence-corrected chi connectivity index (χ0v) is 21.0. The lowest BCUT2D eigenvalue weighted by Crippen LogP contribution is -2.44. The van der Waals surface area contributed by atoms with Crippen LogP contribution in [0.5, 0.6) is 5.75 Å². The number of methoxy groups -OCH3 is 1. The summed E-state index contributed by atoms with van der Waals surface area (Å²) in [6, 6.07) is 16.6. The van der Waals surface area contributed by atoms with Gasteiger partial charge in [-0.25, -0.2) is 4.98 Å². The van der Waals surface area contributed by atoms with Crippen LogP contribution in [0.15, 0.2) is 67.4 Å². The minimum Gasteiger partial charge on any atom is -0.496 e. The molecular weight excluding hydrogens is 450 g/mol. The third kappa shape index (κ3) is 4.45. The monoisotopic (exact) mass is 485 g/mol. The maximum Gasteiger partial charge on any atom is 0.247 e. The first kappa shape index (κ1) is 23.6. The van der Waals surface area contributed by atoms with Gasteiger partial charge in [-0.05, 0) is 61.0 Å². The number of carbonyl (C=O) groups is 1. The zero-order valence-electron chi connectivity index (χ0n) is 21.0. The summed E-state index contributed by atoms with van der Waals surface area (Å²) >= 11 is 0. The number of carbonyl (C=O) groups excluding carboxylic acids is 1. The van der Waals surface area contributed by atoms with Crippen LogP contribution in [0.4, 0.5) is 11.4 Å².